The maximum atomic E-state index is 13.3. The van der Waals surface area contributed by atoms with Gasteiger partial charge in [0, 0.05) is 6.54 Å². The number of ether oxygens (including phenoxy) is 1. The first kappa shape index (κ1) is 21.8. The fourth-order valence-corrected chi connectivity index (χ4v) is 4.20. The highest BCUT2D eigenvalue weighted by Gasteiger charge is 2.29. The minimum absolute atomic E-state index is 0.125. The summed E-state index contributed by atoms with van der Waals surface area (Å²) in [4.78, 5) is 12.6. The SMILES string of the molecule is CCCCCNC(=O)CN(c1ccccc1OCC)S(=O)(=O)c1ccccc1. The molecule has 0 fully saturated rings. The lowest BCUT2D eigenvalue weighted by molar-refractivity contribution is -0.119. The molecule has 0 aliphatic heterocycles. The lowest BCUT2D eigenvalue weighted by atomic mass is 10.2. The Morgan fingerprint density at radius 2 is 1.68 bits per heavy atom. The van der Waals surface area contributed by atoms with Crippen LogP contribution in [0.25, 0.3) is 0 Å². The van der Waals surface area contributed by atoms with Crippen LogP contribution < -0.4 is 14.4 Å². The van der Waals surface area contributed by atoms with Crippen LogP contribution in [-0.2, 0) is 14.8 Å². The summed E-state index contributed by atoms with van der Waals surface area (Å²) in [6.45, 7) is 4.51. The normalized spacial score (nSPS) is 11.1. The van der Waals surface area contributed by atoms with Gasteiger partial charge in [0.15, 0.2) is 0 Å². The largest absolute Gasteiger partial charge is 0.492 e. The van der Waals surface area contributed by atoms with Crippen LogP contribution >= 0.6 is 0 Å². The minimum atomic E-state index is -3.93. The number of benzene rings is 2. The van der Waals surface area contributed by atoms with Crippen LogP contribution in [0.5, 0.6) is 5.75 Å². The zero-order valence-corrected chi connectivity index (χ0v) is 17.2. The number of unbranched alkanes of at least 4 members (excludes halogenated alkanes) is 2. The topological polar surface area (TPSA) is 75.7 Å². The van der Waals surface area contributed by atoms with Crippen molar-refractivity contribution in [2.24, 2.45) is 0 Å². The standard InChI is InChI=1S/C21H28N2O4S/c1-3-5-11-16-22-21(24)17-23(19-14-9-10-15-20(19)27-4-2)28(25,26)18-12-7-6-8-13-18/h6-10,12-15H,3-5,11,16-17H2,1-2H3,(H,22,24). The number of hydrogen-bond donors (Lipinski definition) is 1. The number of rotatable bonds is 11. The predicted molar refractivity (Wildman–Crippen MR) is 111 cm³/mol. The second-order valence-electron chi connectivity index (χ2n) is 6.28. The van der Waals surface area contributed by atoms with Gasteiger partial charge in [-0.25, -0.2) is 8.42 Å². The van der Waals surface area contributed by atoms with Crippen molar-refractivity contribution in [3.8, 4) is 5.75 Å². The number of anilines is 1. The number of carbonyl (C=O) groups excluding carboxylic acids is 1. The maximum absolute atomic E-state index is 13.3. The van der Waals surface area contributed by atoms with Crippen LogP contribution in [0.4, 0.5) is 5.69 Å². The number of nitrogens with zero attached hydrogens (tertiary/aromatic N) is 1. The molecule has 0 atom stereocenters. The summed E-state index contributed by atoms with van der Waals surface area (Å²) in [6, 6.07) is 14.9. The Kier molecular flexibility index (Phi) is 8.32. The molecule has 28 heavy (non-hydrogen) atoms. The monoisotopic (exact) mass is 404 g/mol. The molecule has 7 heteroatoms. The molecular formula is C21H28N2O4S. The molecule has 0 saturated carbocycles. The molecule has 0 unspecified atom stereocenters. The molecule has 2 aromatic rings. The lowest BCUT2D eigenvalue weighted by Gasteiger charge is -2.26. The van der Waals surface area contributed by atoms with Crippen molar-refractivity contribution in [1.29, 1.82) is 0 Å². The predicted octanol–water partition coefficient (Wildman–Crippen LogP) is 3.59. The summed E-state index contributed by atoms with van der Waals surface area (Å²) in [6.07, 6.45) is 2.93. The van der Waals surface area contributed by atoms with Crippen LogP contribution in [0, 0.1) is 0 Å². The molecule has 0 heterocycles. The Balaban J connectivity index is 2.35. The van der Waals surface area contributed by atoms with Crippen LogP contribution in [0.2, 0.25) is 0 Å². The van der Waals surface area contributed by atoms with E-state index < -0.39 is 10.0 Å². The number of nitrogens with one attached hydrogen (secondary N) is 1. The third-order valence-corrected chi connectivity index (χ3v) is 5.93. The van der Waals surface area contributed by atoms with Gasteiger partial charge in [-0.15, -0.1) is 0 Å². The Labute approximate surface area is 167 Å². The zero-order valence-electron chi connectivity index (χ0n) is 16.4. The third kappa shape index (κ3) is 5.73. The number of hydrogen-bond acceptors (Lipinski definition) is 4. The highest BCUT2D eigenvalue weighted by atomic mass is 32.2. The van der Waals surface area contributed by atoms with Gasteiger partial charge in [-0.05, 0) is 37.6 Å². The smallest absolute Gasteiger partial charge is 0.264 e. The second-order valence-corrected chi connectivity index (χ2v) is 8.14. The Hall–Kier alpha value is -2.54. The lowest BCUT2D eigenvalue weighted by Crippen LogP contribution is -2.41. The van der Waals surface area contributed by atoms with Crippen LogP contribution in [0.15, 0.2) is 59.5 Å². The highest BCUT2D eigenvalue weighted by molar-refractivity contribution is 7.92. The van der Waals surface area contributed by atoms with E-state index in [9.17, 15) is 13.2 Å². The minimum Gasteiger partial charge on any atom is -0.492 e. The van der Waals surface area contributed by atoms with Crippen molar-refractivity contribution >= 4 is 21.6 Å². The molecule has 1 N–H and O–H groups in total. The number of para-hydroxylation sites is 2. The van der Waals surface area contributed by atoms with Crippen molar-refractivity contribution in [2.75, 3.05) is 24.0 Å². The molecule has 2 aromatic carbocycles. The summed E-state index contributed by atoms with van der Waals surface area (Å²) in [5.41, 5.74) is 0.344. The first-order valence-corrected chi connectivity index (χ1v) is 11.0. The van der Waals surface area contributed by atoms with Crippen molar-refractivity contribution < 1.29 is 17.9 Å². The van der Waals surface area contributed by atoms with Gasteiger partial charge in [-0.3, -0.25) is 9.10 Å². The van der Waals surface area contributed by atoms with E-state index in [0.717, 1.165) is 23.6 Å². The maximum Gasteiger partial charge on any atom is 0.264 e. The average Bonchev–Trinajstić information content (AvgIpc) is 2.71. The number of amides is 1. The van der Waals surface area contributed by atoms with Gasteiger partial charge < -0.3 is 10.1 Å². The van der Waals surface area contributed by atoms with Gasteiger partial charge in [-0.1, -0.05) is 50.1 Å². The number of sulfonamides is 1. The summed E-state index contributed by atoms with van der Waals surface area (Å²) in [5.74, 6) is 0.0743. The Bertz CT molecular complexity index is 854. The third-order valence-electron chi connectivity index (χ3n) is 4.15. The molecule has 0 saturated heterocycles. The van der Waals surface area contributed by atoms with E-state index in [4.69, 9.17) is 4.74 Å². The fraction of sp³-hybridized carbons (Fsp3) is 0.381. The Morgan fingerprint density at radius 3 is 2.36 bits per heavy atom. The highest BCUT2D eigenvalue weighted by Crippen LogP contribution is 2.32. The first-order chi connectivity index (χ1) is 13.5. The quantitative estimate of drug-likeness (QED) is 0.581. The average molecular weight is 405 g/mol. The summed E-state index contributed by atoms with van der Waals surface area (Å²) < 4.78 is 33.3. The Morgan fingerprint density at radius 1 is 1.00 bits per heavy atom. The van der Waals surface area contributed by atoms with Crippen LogP contribution in [-0.4, -0.2) is 34.0 Å². The van der Waals surface area contributed by atoms with E-state index in [2.05, 4.69) is 12.2 Å². The van der Waals surface area contributed by atoms with E-state index in [1.54, 1.807) is 42.5 Å². The molecule has 2 rings (SSSR count). The molecular weight excluding hydrogens is 376 g/mol. The number of carbonyl (C=O) groups is 1. The zero-order chi connectivity index (χ0) is 20.4. The van der Waals surface area contributed by atoms with Gasteiger partial charge in [0.1, 0.15) is 12.3 Å². The molecule has 1 amide bonds. The molecule has 0 spiro atoms. The van der Waals surface area contributed by atoms with Crippen molar-refractivity contribution in [1.82, 2.24) is 5.32 Å². The summed E-state index contributed by atoms with van der Waals surface area (Å²) in [5, 5.41) is 2.81. The molecule has 6 nitrogen and oxygen atoms in total. The molecule has 0 bridgehead atoms. The molecule has 0 radical (unpaired) electrons. The van der Waals surface area contributed by atoms with Crippen molar-refractivity contribution in [3.05, 3.63) is 54.6 Å². The summed E-state index contributed by atoms with van der Waals surface area (Å²) >= 11 is 0. The van der Waals surface area contributed by atoms with E-state index in [0.29, 0.717) is 24.6 Å². The van der Waals surface area contributed by atoms with Gasteiger partial charge in [0.2, 0.25) is 5.91 Å². The van der Waals surface area contributed by atoms with Gasteiger partial charge in [0.25, 0.3) is 10.0 Å². The van der Waals surface area contributed by atoms with Crippen LogP contribution in [0.3, 0.4) is 0 Å². The molecule has 0 aliphatic rings. The van der Waals surface area contributed by atoms with Crippen molar-refractivity contribution in [3.63, 3.8) is 0 Å². The fourth-order valence-electron chi connectivity index (χ4n) is 2.75. The van der Waals surface area contributed by atoms with Crippen LogP contribution in [0.1, 0.15) is 33.1 Å². The van der Waals surface area contributed by atoms with Gasteiger partial charge >= 0.3 is 0 Å². The molecule has 0 aromatic heterocycles. The van der Waals surface area contributed by atoms with Crippen molar-refractivity contribution in [2.45, 2.75) is 38.0 Å². The van der Waals surface area contributed by atoms with E-state index in [1.807, 2.05) is 6.92 Å². The van der Waals surface area contributed by atoms with E-state index >= 15 is 0 Å². The van der Waals surface area contributed by atoms with Gasteiger partial charge in [0.05, 0.1) is 17.2 Å². The second kappa shape index (κ2) is 10.7. The van der Waals surface area contributed by atoms with Gasteiger partial charge in [-0.2, -0.15) is 0 Å². The molecule has 152 valence electrons. The first-order valence-electron chi connectivity index (χ1n) is 9.57. The molecule has 0 aliphatic carbocycles. The van der Waals surface area contributed by atoms with E-state index in [-0.39, 0.29) is 17.3 Å². The summed E-state index contributed by atoms with van der Waals surface area (Å²) in [7, 11) is -3.93. The van der Waals surface area contributed by atoms with E-state index in [1.165, 1.54) is 12.1 Å².